The van der Waals surface area contributed by atoms with Crippen molar-refractivity contribution in [2.75, 3.05) is 19.7 Å². The molecule has 1 fully saturated rings. The van der Waals surface area contributed by atoms with E-state index in [1.165, 1.54) is 5.56 Å². The lowest BCUT2D eigenvalue weighted by Crippen LogP contribution is -2.33. The molecule has 0 spiro atoms. The fraction of sp³-hybridized carbons (Fsp3) is 0.438. The van der Waals surface area contributed by atoms with E-state index in [9.17, 15) is 0 Å². The van der Waals surface area contributed by atoms with Crippen molar-refractivity contribution in [1.29, 1.82) is 0 Å². The number of halogens is 1. The summed E-state index contributed by atoms with van der Waals surface area (Å²) in [6.07, 6.45) is 6.43. The first-order valence-corrected chi connectivity index (χ1v) is 8.20. The molecule has 3 rings (SSSR count). The second kappa shape index (κ2) is 7.20. The second-order valence-corrected chi connectivity index (χ2v) is 6.21. The summed E-state index contributed by atoms with van der Waals surface area (Å²) in [5, 5.41) is 3.35. The summed E-state index contributed by atoms with van der Waals surface area (Å²) < 4.78 is 9.22. The van der Waals surface area contributed by atoms with E-state index in [1.54, 1.807) is 0 Å². The molecular weight excluding hydrogens is 330 g/mol. The number of hydrogen-bond donors (Lipinski definition) is 1. The number of nitrogens with zero attached hydrogens (tertiary/aromatic N) is 2. The zero-order valence-corrected chi connectivity index (χ0v) is 13.6. The van der Waals surface area contributed by atoms with Crippen LogP contribution in [0.5, 0.6) is 0 Å². The van der Waals surface area contributed by atoms with Gasteiger partial charge in [0.1, 0.15) is 0 Å². The number of aromatic nitrogens is 2. The number of nitrogens with one attached hydrogen (secondary N) is 1. The largest absolute Gasteiger partial charge is 0.376 e. The molecule has 0 bridgehead atoms. The number of benzene rings is 1. The summed E-state index contributed by atoms with van der Waals surface area (Å²) in [5.41, 5.74) is 2.31. The molecule has 1 aromatic heterocycles. The number of piperidine rings is 1. The van der Waals surface area contributed by atoms with Crippen molar-refractivity contribution in [2.24, 2.45) is 0 Å². The summed E-state index contributed by atoms with van der Waals surface area (Å²) in [6, 6.07) is 8.31. The van der Waals surface area contributed by atoms with Crippen molar-refractivity contribution >= 4 is 15.9 Å². The molecule has 5 heteroatoms. The smallest absolute Gasteiger partial charge is 0.0951 e. The second-order valence-electron chi connectivity index (χ2n) is 5.30. The quantitative estimate of drug-likeness (QED) is 0.901. The van der Waals surface area contributed by atoms with Crippen LogP contribution in [-0.4, -0.2) is 35.4 Å². The standard InChI is InChI=1S/C16H20BrN3O/c17-14-3-1-13(2-4-14)16-11-19-12-20(16)9-10-21-15-5-7-18-8-6-15/h1-4,11-12,15,18H,5-10H2. The third-order valence-corrected chi connectivity index (χ3v) is 4.35. The lowest BCUT2D eigenvalue weighted by Gasteiger charge is -2.23. The van der Waals surface area contributed by atoms with E-state index < -0.39 is 0 Å². The Morgan fingerprint density at radius 3 is 2.76 bits per heavy atom. The van der Waals surface area contributed by atoms with Gasteiger partial charge in [-0.2, -0.15) is 0 Å². The highest BCUT2D eigenvalue weighted by Crippen LogP contribution is 2.21. The first-order chi connectivity index (χ1) is 10.3. The van der Waals surface area contributed by atoms with E-state index in [0.29, 0.717) is 6.10 Å². The van der Waals surface area contributed by atoms with Gasteiger partial charge in [-0.15, -0.1) is 0 Å². The highest BCUT2D eigenvalue weighted by molar-refractivity contribution is 9.10. The first-order valence-electron chi connectivity index (χ1n) is 7.41. The van der Waals surface area contributed by atoms with Crippen LogP contribution in [0, 0.1) is 0 Å². The first kappa shape index (κ1) is 14.8. The Morgan fingerprint density at radius 1 is 1.24 bits per heavy atom. The highest BCUT2D eigenvalue weighted by atomic mass is 79.9. The molecular formula is C16H20BrN3O. The lowest BCUT2D eigenvalue weighted by atomic mass is 10.1. The van der Waals surface area contributed by atoms with Gasteiger partial charge < -0.3 is 14.6 Å². The predicted molar refractivity (Wildman–Crippen MR) is 87.2 cm³/mol. The fourth-order valence-electron chi connectivity index (χ4n) is 2.64. The summed E-state index contributed by atoms with van der Waals surface area (Å²) in [5.74, 6) is 0. The van der Waals surface area contributed by atoms with Gasteiger partial charge in [-0.05, 0) is 43.6 Å². The maximum absolute atomic E-state index is 5.97. The lowest BCUT2D eigenvalue weighted by molar-refractivity contribution is 0.0286. The molecule has 1 aliphatic heterocycles. The Balaban J connectivity index is 1.59. The van der Waals surface area contributed by atoms with Crippen molar-refractivity contribution in [1.82, 2.24) is 14.9 Å². The minimum atomic E-state index is 0.408. The van der Waals surface area contributed by atoms with Crippen LogP contribution in [0.3, 0.4) is 0 Å². The third kappa shape index (κ3) is 3.93. The molecule has 0 amide bonds. The highest BCUT2D eigenvalue weighted by Gasteiger charge is 2.13. The molecule has 21 heavy (non-hydrogen) atoms. The molecule has 2 heterocycles. The van der Waals surface area contributed by atoms with E-state index in [-0.39, 0.29) is 0 Å². The van der Waals surface area contributed by atoms with Crippen LogP contribution in [0.15, 0.2) is 41.3 Å². The minimum Gasteiger partial charge on any atom is -0.376 e. The average Bonchev–Trinajstić information content (AvgIpc) is 2.98. The van der Waals surface area contributed by atoms with Crippen LogP contribution in [0.1, 0.15) is 12.8 Å². The molecule has 112 valence electrons. The molecule has 0 radical (unpaired) electrons. The van der Waals surface area contributed by atoms with Gasteiger partial charge in [0.2, 0.25) is 0 Å². The van der Waals surface area contributed by atoms with Gasteiger partial charge in [0.25, 0.3) is 0 Å². The van der Waals surface area contributed by atoms with Crippen LogP contribution in [0.2, 0.25) is 0 Å². The van der Waals surface area contributed by atoms with E-state index in [1.807, 2.05) is 12.5 Å². The molecule has 1 aliphatic rings. The number of hydrogen-bond acceptors (Lipinski definition) is 3. The van der Waals surface area contributed by atoms with E-state index in [4.69, 9.17) is 4.74 Å². The molecule has 4 nitrogen and oxygen atoms in total. The SMILES string of the molecule is Brc1ccc(-c2cncn2CCOC2CCNCC2)cc1. The van der Waals surface area contributed by atoms with E-state index in [2.05, 4.69) is 55.1 Å². The summed E-state index contributed by atoms with van der Waals surface area (Å²) in [6.45, 7) is 3.72. The van der Waals surface area contributed by atoms with Gasteiger partial charge in [0, 0.05) is 11.0 Å². The molecule has 2 aromatic rings. The van der Waals surface area contributed by atoms with Crippen LogP contribution in [-0.2, 0) is 11.3 Å². The zero-order chi connectivity index (χ0) is 14.5. The predicted octanol–water partition coefficient (Wildman–Crippen LogP) is 3.08. The van der Waals surface area contributed by atoms with Crippen molar-refractivity contribution in [3.63, 3.8) is 0 Å². The van der Waals surface area contributed by atoms with Crippen molar-refractivity contribution in [3.05, 3.63) is 41.3 Å². The van der Waals surface area contributed by atoms with Crippen molar-refractivity contribution < 1.29 is 4.74 Å². The van der Waals surface area contributed by atoms with Crippen LogP contribution < -0.4 is 5.32 Å². The zero-order valence-electron chi connectivity index (χ0n) is 12.0. The Morgan fingerprint density at radius 2 is 2.00 bits per heavy atom. The van der Waals surface area contributed by atoms with Gasteiger partial charge in [-0.1, -0.05) is 28.1 Å². The maximum atomic E-state index is 5.97. The average molecular weight is 350 g/mol. The molecule has 1 N–H and O–H groups in total. The molecule has 1 saturated heterocycles. The fourth-order valence-corrected chi connectivity index (χ4v) is 2.90. The Hall–Kier alpha value is -1.17. The van der Waals surface area contributed by atoms with Crippen LogP contribution in [0.4, 0.5) is 0 Å². The Labute approximate surface area is 133 Å². The molecule has 0 unspecified atom stereocenters. The van der Waals surface area contributed by atoms with Gasteiger partial charge in [0.05, 0.1) is 30.9 Å². The summed E-state index contributed by atoms with van der Waals surface area (Å²) >= 11 is 3.47. The van der Waals surface area contributed by atoms with Gasteiger partial charge in [-0.25, -0.2) is 4.98 Å². The van der Waals surface area contributed by atoms with Gasteiger partial charge in [-0.3, -0.25) is 0 Å². The molecule has 0 saturated carbocycles. The monoisotopic (exact) mass is 349 g/mol. The van der Waals surface area contributed by atoms with Crippen molar-refractivity contribution in [2.45, 2.75) is 25.5 Å². The Kier molecular flexibility index (Phi) is 5.06. The number of rotatable bonds is 5. The van der Waals surface area contributed by atoms with Crippen LogP contribution >= 0.6 is 15.9 Å². The topological polar surface area (TPSA) is 39.1 Å². The normalized spacial score (nSPS) is 16.2. The summed E-state index contributed by atoms with van der Waals surface area (Å²) in [4.78, 5) is 4.27. The molecule has 1 aromatic carbocycles. The van der Waals surface area contributed by atoms with E-state index in [0.717, 1.165) is 49.2 Å². The summed E-state index contributed by atoms with van der Waals surface area (Å²) in [7, 11) is 0. The minimum absolute atomic E-state index is 0.408. The van der Waals surface area contributed by atoms with Crippen LogP contribution in [0.25, 0.3) is 11.3 Å². The maximum Gasteiger partial charge on any atom is 0.0951 e. The third-order valence-electron chi connectivity index (χ3n) is 3.82. The van der Waals surface area contributed by atoms with Gasteiger partial charge >= 0.3 is 0 Å². The number of ether oxygens (including phenoxy) is 1. The van der Waals surface area contributed by atoms with Crippen molar-refractivity contribution in [3.8, 4) is 11.3 Å². The Bertz CT molecular complexity index is 561. The number of imidazole rings is 1. The molecule has 0 aliphatic carbocycles. The molecule has 0 atom stereocenters. The van der Waals surface area contributed by atoms with E-state index >= 15 is 0 Å². The van der Waals surface area contributed by atoms with Gasteiger partial charge in [0.15, 0.2) is 0 Å².